The molecule has 0 saturated carbocycles. The normalized spacial score (nSPS) is 9.97. The summed E-state index contributed by atoms with van der Waals surface area (Å²) in [5, 5.41) is 0. The molecule has 29 heavy (non-hydrogen) atoms. The van der Waals surface area contributed by atoms with Crippen molar-refractivity contribution < 1.29 is 17.0 Å². The molecule has 2 aromatic rings. The molecule has 0 saturated heterocycles. The van der Waals surface area contributed by atoms with Gasteiger partial charge in [0.2, 0.25) is 0 Å². The summed E-state index contributed by atoms with van der Waals surface area (Å²) in [6, 6.07) is 12.0. The van der Waals surface area contributed by atoms with Gasteiger partial charge in [-0.05, 0) is 18.6 Å². The van der Waals surface area contributed by atoms with Gasteiger partial charge in [0.25, 0.3) is 0 Å². The van der Waals surface area contributed by atoms with Crippen LogP contribution in [-0.2, 0) is 6.54 Å². The molecule has 3 heteroatoms. The fourth-order valence-corrected chi connectivity index (χ4v) is 3.38. The largest absolute Gasteiger partial charge is 1.00 e. The van der Waals surface area contributed by atoms with Gasteiger partial charge in [0.1, 0.15) is 6.54 Å². The van der Waals surface area contributed by atoms with Crippen LogP contribution < -0.4 is 17.0 Å². The van der Waals surface area contributed by atoms with Crippen molar-refractivity contribution >= 4 is 0 Å². The van der Waals surface area contributed by atoms with Crippen molar-refractivity contribution in [3.63, 3.8) is 0 Å². The van der Waals surface area contributed by atoms with Crippen LogP contribution in [0.4, 0.5) is 0 Å². The highest BCUT2D eigenvalue weighted by Gasteiger charge is 1.98. The SMILES string of the molecule is CCCCCCCCCCCCCCCC[n+]1ccccc1.[Cl-].c1ccncc1. The van der Waals surface area contributed by atoms with Gasteiger partial charge in [-0.15, -0.1) is 0 Å². The number of rotatable bonds is 15. The van der Waals surface area contributed by atoms with Gasteiger partial charge in [-0.1, -0.05) is 96.1 Å². The van der Waals surface area contributed by atoms with Crippen LogP contribution in [0, 0.1) is 0 Å². The molecule has 0 fully saturated rings. The molecule has 2 aromatic heterocycles. The minimum Gasteiger partial charge on any atom is -1.00 e. The Morgan fingerprint density at radius 1 is 0.517 bits per heavy atom. The number of pyridine rings is 2. The number of aromatic nitrogens is 2. The van der Waals surface area contributed by atoms with Crippen LogP contribution >= 0.6 is 0 Å². The molecule has 0 aliphatic carbocycles. The van der Waals surface area contributed by atoms with Crippen molar-refractivity contribution in [1.29, 1.82) is 0 Å². The zero-order valence-electron chi connectivity index (χ0n) is 18.7. The molecule has 2 heterocycles. The smallest absolute Gasteiger partial charge is 0.168 e. The Morgan fingerprint density at radius 3 is 1.31 bits per heavy atom. The summed E-state index contributed by atoms with van der Waals surface area (Å²) in [4.78, 5) is 3.78. The summed E-state index contributed by atoms with van der Waals surface area (Å²) in [6.07, 6.45) is 27.9. The molecule has 2 nitrogen and oxygen atoms in total. The average molecular weight is 419 g/mol. The Morgan fingerprint density at radius 2 is 0.931 bits per heavy atom. The van der Waals surface area contributed by atoms with E-state index < -0.39 is 0 Å². The Balaban J connectivity index is 0.000000953. The molecule has 0 radical (unpaired) electrons. The highest BCUT2D eigenvalue weighted by atomic mass is 35.5. The summed E-state index contributed by atoms with van der Waals surface area (Å²) < 4.78 is 2.29. The predicted octanol–water partition coefficient (Wildman–Crippen LogP) is 4.54. The van der Waals surface area contributed by atoms with Crippen LogP contribution in [0.1, 0.15) is 96.8 Å². The quantitative estimate of drug-likeness (QED) is 0.306. The summed E-state index contributed by atoms with van der Waals surface area (Å²) in [7, 11) is 0. The van der Waals surface area contributed by atoms with Crippen LogP contribution in [0.5, 0.6) is 0 Å². The third kappa shape index (κ3) is 19.7. The number of nitrogens with zero attached hydrogens (tertiary/aromatic N) is 2. The van der Waals surface area contributed by atoms with Gasteiger partial charge in [-0.25, -0.2) is 4.57 Å². The van der Waals surface area contributed by atoms with Crippen molar-refractivity contribution in [2.75, 3.05) is 0 Å². The van der Waals surface area contributed by atoms with E-state index in [9.17, 15) is 0 Å². The van der Waals surface area contributed by atoms with E-state index in [2.05, 4.69) is 47.1 Å². The second-order valence-electron chi connectivity index (χ2n) is 7.73. The average Bonchev–Trinajstić information content (AvgIpc) is 2.76. The first kappa shape index (κ1) is 27.6. The number of aryl methyl sites for hydroxylation is 1. The molecule has 0 aliphatic heterocycles. The Bertz CT molecular complexity index is 492. The highest BCUT2D eigenvalue weighted by Crippen LogP contribution is 2.12. The Hall–Kier alpha value is -1.41. The maximum absolute atomic E-state index is 3.78. The Labute approximate surface area is 186 Å². The fourth-order valence-electron chi connectivity index (χ4n) is 3.38. The lowest BCUT2D eigenvalue weighted by molar-refractivity contribution is -0.697. The maximum atomic E-state index is 3.78. The first-order chi connectivity index (χ1) is 13.9. The molecular formula is C26H43ClN2. The monoisotopic (exact) mass is 418 g/mol. The zero-order valence-corrected chi connectivity index (χ0v) is 19.4. The third-order valence-electron chi connectivity index (χ3n) is 5.11. The predicted molar refractivity (Wildman–Crippen MR) is 121 cm³/mol. The van der Waals surface area contributed by atoms with E-state index >= 15 is 0 Å². The lowest BCUT2D eigenvalue weighted by atomic mass is 10.0. The second-order valence-corrected chi connectivity index (χ2v) is 7.73. The van der Waals surface area contributed by atoms with E-state index in [1.54, 1.807) is 12.4 Å². The van der Waals surface area contributed by atoms with E-state index in [4.69, 9.17) is 0 Å². The molecule has 0 amide bonds. The van der Waals surface area contributed by atoms with Crippen molar-refractivity contribution in [1.82, 2.24) is 4.98 Å². The number of unbranched alkanes of at least 4 members (excludes halogenated alkanes) is 13. The molecule has 0 aliphatic rings. The molecule has 0 N–H and O–H groups in total. The van der Waals surface area contributed by atoms with E-state index in [0.717, 1.165) is 0 Å². The third-order valence-corrected chi connectivity index (χ3v) is 5.11. The minimum absolute atomic E-state index is 0. The molecule has 164 valence electrons. The van der Waals surface area contributed by atoms with E-state index in [1.807, 2.05) is 18.2 Å². The summed E-state index contributed by atoms with van der Waals surface area (Å²) in [6.45, 7) is 3.47. The topological polar surface area (TPSA) is 16.8 Å². The van der Waals surface area contributed by atoms with Crippen molar-refractivity contribution in [2.45, 2.75) is 103 Å². The van der Waals surface area contributed by atoms with Gasteiger partial charge in [0, 0.05) is 30.9 Å². The first-order valence-corrected chi connectivity index (χ1v) is 11.7. The highest BCUT2D eigenvalue weighted by molar-refractivity contribution is 4.88. The fraction of sp³-hybridized carbons (Fsp3) is 0.615. The first-order valence-electron chi connectivity index (χ1n) is 11.7. The van der Waals surface area contributed by atoms with Gasteiger partial charge in [0.05, 0.1) is 0 Å². The van der Waals surface area contributed by atoms with Crippen LogP contribution in [-0.4, -0.2) is 4.98 Å². The standard InChI is InChI=1S/C21H38N.C5H5N.ClH/c1-2-3-4-5-6-7-8-9-10-11-12-13-14-16-19-22-20-17-15-18-21-22;1-2-4-6-5-3-1;/h15,17-18,20-21H,2-14,16,19H2,1H3;1-5H;1H/q+1;;/p-1. The van der Waals surface area contributed by atoms with Crippen LogP contribution in [0.15, 0.2) is 61.2 Å². The van der Waals surface area contributed by atoms with Crippen LogP contribution in [0.3, 0.4) is 0 Å². The molecule has 2 rings (SSSR count). The number of halogens is 1. The zero-order chi connectivity index (χ0) is 20.0. The maximum Gasteiger partial charge on any atom is 0.168 e. The minimum atomic E-state index is 0. The summed E-state index contributed by atoms with van der Waals surface area (Å²) in [5.41, 5.74) is 0. The van der Waals surface area contributed by atoms with Crippen LogP contribution in [0.25, 0.3) is 0 Å². The van der Waals surface area contributed by atoms with Gasteiger partial charge in [-0.3, -0.25) is 4.98 Å². The summed E-state index contributed by atoms with van der Waals surface area (Å²) >= 11 is 0. The molecule has 0 bridgehead atoms. The van der Waals surface area contributed by atoms with Gasteiger partial charge >= 0.3 is 0 Å². The lowest BCUT2D eigenvalue weighted by Gasteiger charge is -2.02. The number of hydrogen-bond donors (Lipinski definition) is 0. The van der Waals surface area contributed by atoms with E-state index in [1.165, 1.54) is 96.4 Å². The van der Waals surface area contributed by atoms with E-state index in [0.29, 0.717) is 0 Å². The van der Waals surface area contributed by atoms with Gasteiger partial charge in [-0.2, -0.15) is 0 Å². The number of hydrogen-bond acceptors (Lipinski definition) is 1. The molecule has 0 unspecified atom stereocenters. The van der Waals surface area contributed by atoms with E-state index in [-0.39, 0.29) is 12.4 Å². The van der Waals surface area contributed by atoms with Crippen molar-refractivity contribution in [3.8, 4) is 0 Å². The lowest BCUT2D eigenvalue weighted by Crippen LogP contribution is -3.00. The van der Waals surface area contributed by atoms with Gasteiger partial charge in [0.15, 0.2) is 12.4 Å². The molecule has 0 spiro atoms. The van der Waals surface area contributed by atoms with Crippen LogP contribution in [0.2, 0.25) is 0 Å². The molecule has 0 atom stereocenters. The van der Waals surface area contributed by atoms with Gasteiger partial charge < -0.3 is 12.4 Å². The Kier molecular flexibility index (Phi) is 21.8. The van der Waals surface area contributed by atoms with Crippen molar-refractivity contribution in [3.05, 3.63) is 61.2 Å². The second kappa shape index (κ2) is 22.9. The molecule has 0 aromatic carbocycles. The molecular weight excluding hydrogens is 376 g/mol. The van der Waals surface area contributed by atoms with Crippen molar-refractivity contribution in [2.24, 2.45) is 0 Å². The summed E-state index contributed by atoms with van der Waals surface area (Å²) in [5.74, 6) is 0.